The molecule has 3 heterocycles. The van der Waals surface area contributed by atoms with Crippen LogP contribution in [0.25, 0.3) is 0 Å². The lowest BCUT2D eigenvalue weighted by Crippen LogP contribution is -2.30. The second kappa shape index (κ2) is 6.71. The first-order valence-electron chi connectivity index (χ1n) is 9.37. The van der Waals surface area contributed by atoms with E-state index in [-0.39, 0.29) is 35.2 Å². The van der Waals surface area contributed by atoms with Gasteiger partial charge in [-0.25, -0.2) is 27.7 Å². The number of benzene rings is 1. The molecule has 1 aromatic heterocycles. The first kappa shape index (κ1) is 19.4. The zero-order valence-corrected chi connectivity index (χ0v) is 15.8. The number of carboxylic acid groups (broad SMARTS) is 1. The fourth-order valence-electron chi connectivity index (χ4n) is 4.07. The van der Waals surface area contributed by atoms with Gasteiger partial charge in [0.15, 0.2) is 28.8 Å². The Balaban J connectivity index is 1.66. The molecule has 5 rings (SSSR count). The van der Waals surface area contributed by atoms with Crippen LogP contribution in [-0.2, 0) is 9.59 Å². The van der Waals surface area contributed by atoms with Crippen molar-refractivity contribution in [1.82, 2.24) is 4.98 Å². The molecular weight excluding hydrogens is 417 g/mol. The van der Waals surface area contributed by atoms with E-state index in [9.17, 15) is 27.9 Å². The third-order valence-corrected chi connectivity index (χ3v) is 5.77. The fourth-order valence-corrected chi connectivity index (χ4v) is 4.07. The normalized spacial score (nSPS) is 24.2. The Morgan fingerprint density at radius 2 is 1.84 bits per heavy atom. The monoisotopic (exact) mass is 432 g/mol. The van der Waals surface area contributed by atoms with E-state index >= 15 is 0 Å². The van der Waals surface area contributed by atoms with Crippen molar-refractivity contribution in [3.8, 4) is 5.75 Å². The van der Waals surface area contributed by atoms with Gasteiger partial charge in [0.2, 0.25) is 0 Å². The lowest BCUT2D eigenvalue weighted by atomic mass is 10.2. The number of carbonyl (C=O) groups is 2. The summed E-state index contributed by atoms with van der Waals surface area (Å²) >= 11 is 0. The maximum Gasteiger partial charge on any atom is 0.352 e. The van der Waals surface area contributed by atoms with Crippen molar-refractivity contribution < 1.29 is 32.6 Å². The topological polar surface area (TPSA) is 109 Å². The zero-order valence-electron chi connectivity index (χ0n) is 15.8. The highest BCUT2D eigenvalue weighted by atomic mass is 19.1. The van der Waals surface area contributed by atoms with Crippen molar-refractivity contribution >= 4 is 29.3 Å². The van der Waals surface area contributed by atoms with Crippen LogP contribution in [0.1, 0.15) is 0 Å². The molecule has 0 bridgehead atoms. The zero-order chi connectivity index (χ0) is 22.0. The maximum absolute atomic E-state index is 14.8. The fraction of sp³-hybridized carbons (Fsp3) is 0.250. The highest BCUT2D eigenvalue weighted by Crippen LogP contribution is 2.47. The molecule has 1 aromatic carbocycles. The van der Waals surface area contributed by atoms with Crippen LogP contribution >= 0.6 is 0 Å². The minimum absolute atomic E-state index is 0.0612. The molecule has 2 fully saturated rings. The number of esters is 1. The van der Waals surface area contributed by atoms with Crippen LogP contribution in [0.3, 0.4) is 0 Å². The quantitative estimate of drug-likeness (QED) is 0.560. The Morgan fingerprint density at radius 3 is 2.48 bits per heavy atom. The third-order valence-electron chi connectivity index (χ3n) is 5.77. The molecule has 2 aliphatic heterocycles. The van der Waals surface area contributed by atoms with Gasteiger partial charge in [-0.15, -0.1) is 0 Å². The van der Waals surface area contributed by atoms with E-state index in [4.69, 9.17) is 10.5 Å². The minimum atomic E-state index is -1.64. The van der Waals surface area contributed by atoms with Crippen molar-refractivity contribution in [3.63, 3.8) is 0 Å². The molecule has 3 aliphatic rings. The van der Waals surface area contributed by atoms with Gasteiger partial charge < -0.3 is 20.5 Å². The van der Waals surface area contributed by atoms with Gasteiger partial charge in [0.25, 0.3) is 0 Å². The van der Waals surface area contributed by atoms with Gasteiger partial charge in [-0.3, -0.25) is 4.90 Å². The lowest BCUT2D eigenvalue weighted by Gasteiger charge is -2.25. The number of hydrogen-bond acceptors (Lipinski definition) is 7. The summed E-state index contributed by atoms with van der Waals surface area (Å²) < 4.78 is 47.8. The van der Waals surface area contributed by atoms with Crippen molar-refractivity contribution in [1.29, 1.82) is 0 Å². The van der Waals surface area contributed by atoms with E-state index in [1.165, 1.54) is 0 Å². The molecule has 3 atom stereocenters. The predicted molar refractivity (Wildman–Crippen MR) is 101 cm³/mol. The summed E-state index contributed by atoms with van der Waals surface area (Å²) in [5.41, 5.74) is 4.79. The summed E-state index contributed by atoms with van der Waals surface area (Å²) in [5, 5.41) is 9.37. The van der Waals surface area contributed by atoms with E-state index in [0.717, 1.165) is 29.3 Å². The number of ether oxygens (including phenoxy) is 1. The van der Waals surface area contributed by atoms with Crippen molar-refractivity contribution in [2.24, 2.45) is 17.6 Å². The number of fused-ring (bicyclic) bond motifs is 2. The van der Waals surface area contributed by atoms with Gasteiger partial charge in [0.1, 0.15) is 11.6 Å². The van der Waals surface area contributed by atoms with E-state index < -0.39 is 40.7 Å². The molecule has 0 spiro atoms. The third kappa shape index (κ3) is 3.08. The van der Waals surface area contributed by atoms with Crippen molar-refractivity contribution in [3.05, 3.63) is 53.5 Å². The number of carbonyl (C=O) groups excluding carboxylic acids is 1. The molecular formula is C20H15F3N4O4. The molecule has 8 nitrogen and oxygen atoms in total. The minimum Gasteiger partial charge on any atom is -0.477 e. The average Bonchev–Trinajstić information content (AvgIpc) is 3.12. The average molecular weight is 432 g/mol. The Morgan fingerprint density at radius 1 is 1.13 bits per heavy atom. The predicted octanol–water partition coefficient (Wildman–Crippen LogP) is 1.92. The maximum atomic E-state index is 14.8. The molecule has 11 heteroatoms. The number of anilines is 3. The van der Waals surface area contributed by atoms with E-state index in [0.29, 0.717) is 19.2 Å². The Bertz CT molecular complexity index is 1160. The highest BCUT2D eigenvalue weighted by molar-refractivity contribution is 6.15. The van der Waals surface area contributed by atoms with Crippen LogP contribution in [-0.4, -0.2) is 41.2 Å². The largest absolute Gasteiger partial charge is 0.477 e. The van der Waals surface area contributed by atoms with Gasteiger partial charge in [0, 0.05) is 37.5 Å². The number of aliphatic carboxylic acids is 1. The van der Waals surface area contributed by atoms with Crippen LogP contribution in [0.15, 0.2) is 36.0 Å². The number of hydrogen-bond donors (Lipinski definition) is 2. The van der Waals surface area contributed by atoms with Gasteiger partial charge in [-0.1, -0.05) is 0 Å². The number of nitrogens with two attached hydrogens (primary N) is 1. The molecule has 1 saturated carbocycles. The van der Waals surface area contributed by atoms with Crippen molar-refractivity contribution in [2.75, 3.05) is 22.9 Å². The molecule has 0 amide bonds. The highest BCUT2D eigenvalue weighted by Gasteiger charge is 2.54. The summed E-state index contributed by atoms with van der Waals surface area (Å²) in [5.74, 6) is -5.83. The summed E-state index contributed by atoms with van der Waals surface area (Å²) in [4.78, 5) is 30.6. The van der Waals surface area contributed by atoms with Gasteiger partial charge in [0.05, 0.1) is 5.69 Å². The Labute approximate surface area is 173 Å². The molecule has 31 heavy (non-hydrogen) atoms. The number of rotatable bonds is 3. The molecule has 1 aliphatic carbocycles. The Hall–Kier alpha value is -3.60. The molecule has 3 N–H and O–H groups in total. The number of piperidine rings is 1. The molecule has 1 saturated heterocycles. The van der Waals surface area contributed by atoms with Crippen LogP contribution in [0.4, 0.5) is 30.5 Å². The summed E-state index contributed by atoms with van der Waals surface area (Å²) in [6.45, 7) is 0.963. The second-order valence-corrected chi connectivity index (χ2v) is 7.63. The SMILES string of the molecule is NC1[C@H]2CN(c3nc4c(cc3F)OC(=O)C(C(=O)O)=CN4c3ccc(F)cc3F)C[C@@H]12. The molecule has 1 unspecified atom stereocenters. The lowest BCUT2D eigenvalue weighted by molar-refractivity contribution is -0.138. The number of halogens is 3. The first-order valence-corrected chi connectivity index (χ1v) is 9.37. The van der Waals surface area contributed by atoms with E-state index in [1.54, 1.807) is 4.90 Å². The first-order chi connectivity index (χ1) is 14.7. The van der Waals surface area contributed by atoms with Crippen LogP contribution in [0, 0.1) is 29.3 Å². The van der Waals surface area contributed by atoms with Crippen LogP contribution < -0.4 is 20.3 Å². The van der Waals surface area contributed by atoms with Crippen LogP contribution in [0.5, 0.6) is 5.75 Å². The van der Waals surface area contributed by atoms with Gasteiger partial charge >= 0.3 is 11.9 Å². The smallest absolute Gasteiger partial charge is 0.352 e. The number of nitrogens with zero attached hydrogens (tertiary/aromatic N) is 3. The number of carboxylic acids is 1. The second-order valence-electron chi connectivity index (χ2n) is 7.63. The van der Waals surface area contributed by atoms with E-state index in [1.807, 2.05) is 0 Å². The molecule has 0 radical (unpaired) electrons. The summed E-state index contributed by atoms with van der Waals surface area (Å²) in [7, 11) is 0. The Kier molecular flexibility index (Phi) is 4.19. The van der Waals surface area contributed by atoms with E-state index in [2.05, 4.69) is 4.98 Å². The summed E-state index contributed by atoms with van der Waals surface area (Å²) in [6, 6.07) is 3.56. The molecule has 160 valence electrons. The summed E-state index contributed by atoms with van der Waals surface area (Å²) in [6.07, 6.45) is 0.818. The number of pyridine rings is 1. The van der Waals surface area contributed by atoms with Gasteiger partial charge in [-0.05, 0) is 24.0 Å². The van der Waals surface area contributed by atoms with Crippen molar-refractivity contribution in [2.45, 2.75) is 6.04 Å². The number of aromatic nitrogens is 1. The van der Waals surface area contributed by atoms with Crippen LogP contribution in [0.2, 0.25) is 0 Å². The van der Waals surface area contributed by atoms with Gasteiger partial charge in [-0.2, -0.15) is 0 Å². The standard InChI is InChI=1S/C20H15F3N4O4/c21-8-1-2-14(12(22)3-8)27-7-11(19(28)29)20(30)31-15-4-13(23)17(25-18(15)27)26-5-9-10(6-26)16(9)24/h1-4,7,9-10,16H,5-6,24H2,(H,28,29)/t9-,10+,16?. The molecule has 2 aromatic rings.